The number of hydrogen-bond acceptors (Lipinski definition) is 3. The van der Waals surface area contributed by atoms with E-state index >= 15 is 0 Å². The first-order chi connectivity index (χ1) is 8.81. The standard InChI is InChI=1S/C12H11N5O/c13-16-15-12(18)5-10-8-3-1-2-4-9(8)11-6-14-7-17(10)11/h1-4,6-7,10H,5H2,(H2,13,15,18). The van der Waals surface area contributed by atoms with Crippen molar-refractivity contribution >= 4 is 5.91 Å². The number of amides is 1. The van der Waals surface area contributed by atoms with E-state index in [0.29, 0.717) is 0 Å². The molecule has 90 valence electrons. The Kier molecular flexibility index (Phi) is 2.40. The normalized spacial score (nSPS) is 16.8. The predicted molar refractivity (Wildman–Crippen MR) is 64.5 cm³/mol. The topological polar surface area (TPSA) is 85.6 Å². The van der Waals surface area contributed by atoms with Gasteiger partial charge in [-0.05, 0) is 5.56 Å². The molecule has 1 aliphatic heterocycles. The molecule has 0 aliphatic carbocycles. The molecule has 1 aliphatic rings. The van der Waals surface area contributed by atoms with Gasteiger partial charge in [-0.3, -0.25) is 4.79 Å². The number of aromatic nitrogens is 2. The molecule has 0 fully saturated rings. The van der Waals surface area contributed by atoms with Crippen molar-refractivity contribution in [3.63, 3.8) is 0 Å². The number of fused-ring (bicyclic) bond motifs is 3. The quantitative estimate of drug-likeness (QED) is 0.493. The van der Waals surface area contributed by atoms with Crippen LogP contribution in [0.25, 0.3) is 11.3 Å². The number of benzene rings is 1. The van der Waals surface area contributed by atoms with Gasteiger partial charge in [-0.2, -0.15) is 0 Å². The number of hydrogen-bond donors (Lipinski definition) is 1. The molecule has 1 atom stereocenters. The van der Waals surface area contributed by atoms with Crippen LogP contribution >= 0.6 is 0 Å². The van der Waals surface area contributed by atoms with Gasteiger partial charge in [0.1, 0.15) is 0 Å². The van der Waals surface area contributed by atoms with E-state index in [9.17, 15) is 4.79 Å². The van der Waals surface area contributed by atoms with Crippen LogP contribution in [0, 0.1) is 0 Å². The molecule has 1 unspecified atom stereocenters. The minimum Gasteiger partial charge on any atom is -0.322 e. The summed E-state index contributed by atoms with van der Waals surface area (Å²) in [5, 5.41) is 6.38. The highest BCUT2D eigenvalue weighted by Gasteiger charge is 2.29. The summed E-state index contributed by atoms with van der Waals surface area (Å²) in [5.74, 6) is 4.56. The highest BCUT2D eigenvalue weighted by Crippen LogP contribution is 2.40. The summed E-state index contributed by atoms with van der Waals surface area (Å²) in [6.07, 6.45) is 3.77. The zero-order chi connectivity index (χ0) is 12.5. The van der Waals surface area contributed by atoms with E-state index in [1.54, 1.807) is 12.5 Å². The maximum atomic E-state index is 11.6. The second kappa shape index (κ2) is 4.06. The molecule has 0 saturated heterocycles. The molecule has 2 N–H and O–H groups in total. The Hall–Kier alpha value is -2.50. The molecule has 1 aromatic carbocycles. The fourth-order valence-corrected chi connectivity index (χ4v) is 2.41. The summed E-state index contributed by atoms with van der Waals surface area (Å²) in [5.41, 5.74) is 3.24. The predicted octanol–water partition coefficient (Wildman–Crippen LogP) is 1.70. The van der Waals surface area contributed by atoms with E-state index in [0.717, 1.165) is 16.8 Å². The van der Waals surface area contributed by atoms with E-state index in [1.807, 2.05) is 28.8 Å². The number of carbonyl (C=O) groups excluding carboxylic acids is 1. The van der Waals surface area contributed by atoms with Crippen molar-refractivity contribution in [3.05, 3.63) is 42.4 Å². The molecule has 1 amide bonds. The summed E-state index contributed by atoms with van der Waals surface area (Å²) in [7, 11) is 0. The maximum absolute atomic E-state index is 11.6. The Morgan fingerprint density at radius 2 is 2.28 bits per heavy atom. The maximum Gasteiger partial charge on any atom is 0.268 e. The van der Waals surface area contributed by atoms with Gasteiger partial charge in [0.2, 0.25) is 0 Å². The summed E-state index contributed by atoms with van der Waals surface area (Å²) in [6.45, 7) is 0. The van der Waals surface area contributed by atoms with Gasteiger partial charge < -0.3 is 10.4 Å². The third-order valence-electron chi connectivity index (χ3n) is 3.13. The van der Waals surface area contributed by atoms with Crippen LogP contribution < -0.4 is 5.84 Å². The molecule has 0 saturated carbocycles. The second-order valence-corrected chi connectivity index (χ2v) is 4.10. The fraction of sp³-hybridized carbons (Fsp3) is 0.167. The lowest BCUT2D eigenvalue weighted by molar-refractivity contribution is -0.118. The summed E-state index contributed by atoms with van der Waals surface area (Å²) in [4.78, 5) is 15.7. The SMILES string of the molecule is NN=NC(=O)CC1c2ccccc2-c2cncn21. The van der Waals surface area contributed by atoms with Gasteiger partial charge >= 0.3 is 0 Å². The molecule has 0 radical (unpaired) electrons. The van der Waals surface area contributed by atoms with Crippen LogP contribution in [-0.2, 0) is 4.79 Å². The minimum absolute atomic E-state index is 0.0725. The Morgan fingerprint density at radius 1 is 1.44 bits per heavy atom. The molecule has 3 rings (SSSR count). The molecule has 1 aromatic heterocycles. The molecule has 0 bridgehead atoms. The van der Waals surface area contributed by atoms with Crippen molar-refractivity contribution in [1.29, 1.82) is 0 Å². The number of imidazole rings is 1. The van der Waals surface area contributed by atoms with E-state index in [-0.39, 0.29) is 18.4 Å². The smallest absolute Gasteiger partial charge is 0.268 e. The lowest BCUT2D eigenvalue weighted by Crippen LogP contribution is -2.10. The fourth-order valence-electron chi connectivity index (χ4n) is 2.41. The van der Waals surface area contributed by atoms with Crippen molar-refractivity contribution in [3.8, 4) is 11.3 Å². The van der Waals surface area contributed by atoms with Gasteiger partial charge in [-0.25, -0.2) is 4.98 Å². The molecule has 18 heavy (non-hydrogen) atoms. The van der Waals surface area contributed by atoms with E-state index in [1.165, 1.54) is 0 Å². The van der Waals surface area contributed by atoms with Crippen molar-refractivity contribution < 1.29 is 4.79 Å². The van der Waals surface area contributed by atoms with Crippen LogP contribution in [0.2, 0.25) is 0 Å². The highest BCUT2D eigenvalue weighted by molar-refractivity contribution is 5.79. The van der Waals surface area contributed by atoms with Crippen molar-refractivity contribution in [2.45, 2.75) is 12.5 Å². The van der Waals surface area contributed by atoms with Gasteiger partial charge in [0.05, 0.1) is 30.7 Å². The molecule has 2 heterocycles. The van der Waals surface area contributed by atoms with Crippen LogP contribution in [0.4, 0.5) is 0 Å². The summed E-state index contributed by atoms with van der Waals surface area (Å²) >= 11 is 0. The lowest BCUT2D eigenvalue weighted by Gasteiger charge is -2.11. The van der Waals surface area contributed by atoms with Crippen molar-refractivity contribution in [2.75, 3.05) is 0 Å². The first kappa shape index (κ1) is 10.6. The third kappa shape index (κ3) is 1.50. The van der Waals surface area contributed by atoms with E-state index in [2.05, 4.69) is 15.3 Å². The van der Waals surface area contributed by atoms with Gasteiger partial charge in [-0.15, -0.1) is 0 Å². The largest absolute Gasteiger partial charge is 0.322 e. The van der Waals surface area contributed by atoms with Crippen LogP contribution in [0.5, 0.6) is 0 Å². The van der Waals surface area contributed by atoms with E-state index < -0.39 is 0 Å². The molecule has 6 heteroatoms. The zero-order valence-corrected chi connectivity index (χ0v) is 9.52. The number of rotatable bonds is 2. The molecule has 0 spiro atoms. The third-order valence-corrected chi connectivity index (χ3v) is 3.13. The molecule has 2 aromatic rings. The van der Waals surface area contributed by atoms with Crippen LogP contribution in [0.3, 0.4) is 0 Å². The monoisotopic (exact) mass is 241 g/mol. The number of nitrogens with zero attached hydrogens (tertiary/aromatic N) is 4. The minimum atomic E-state index is -0.334. The first-order valence-corrected chi connectivity index (χ1v) is 5.56. The first-order valence-electron chi connectivity index (χ1n) is 5.56. The Bertz CT molecular complexity index is 631. The average molecular weight is 241 g/mol. The number of carbonyl (C=O) groups is 1. The lowest BCUT2D eigenvalue weighted by atomic mass is 10.0. The number of nitrogens with two attached hydrogens (primary N) is 1. The van der Waals surface area contributed by atoms with Crippen LogP contribution in [-0.4, -0.2) is 15.5 Å². The average Bonchev–Trinajstić information content (AvgIpc) is 2.93. The van der Waals surface area contributed by atoms with Gasteiger partial charge in [0.15, 0.2) is 0 Å². The van der Waals surface area contributed by atoms with Crippen LogP contribution in [0.1, 0.15) is 18.0 Å². The Balaban J connectivity index is 2.03. The zero-order valence-electron chi connectivity index (χ0n) is 9.52. The Labute approximate surface area is 103 Å². The van der Waals surface area contributed by atoms with Crippen molar-refractivity contribution in [1.82, 2.24) is 9.55 Å². The molecular weight excluding hydrogens is 230 g/mol. The van der Waals surface area contributed by atoms with E-state index in [4.69, 9.17) is 5.84 Å². The summed E-state index contributed by atoms with van der Waals surface area (Å²) in [6, 6.07) is 7.90. The summed E-state index contributed by atoms with van der Waals surface area (Å²) < 4.78 is 1.98. The van der Waals surface area contributed by atoms with Crippen LogP contribution in [0.15, 0.2) is 47.1 Å². The van der Waals surface area contributed by atoms with Gasteiger partial charge in [-0.1, -0.05) is 34.6 Å². The second-order valence-electron chi connectivity index (χ2n) is 4.10. The van der Waals surface area contributed by atoms with Gasteiger partial charge in [0, 0.05) is 5.56 Å². The Morgan fingerprint density at radius 3 is 3.11 bits per heavy atom. The molecule has 6 nitrogen and oxygen atoms in total. The molecular formula is C12H11N5O. The van der Waals surface area contributed by atoms with Gasteiger partial charge in [0.25, 0.3) is 5.91 Å². The van der Waals surface area contributed by atoms with Crippen molar-refractivity contribution in [2.24, 2.45) is 16.2 Å². The highest BCUT2D eigenvalue weighted by atomic mass is 16.1.